The van der Waals surface area contributed by atoms with Crippen LogP contribution in [0, 0.1) is 6.92 Å². The Bertz CT molecular complexity index is 558. The summed E-state index contributed by atoms with van der Waals surface area (Å²) < 4.78 is 24.2. The van der Waals surface area contributed by atoms with E-state index in [0.717, 1.165) is 5.56 Å². The van der Waals surface area contributed by atoms with E-state index in [0.29, 0.717) is 31.7 Å². The standard InChI is InChI=1S/C13H18N2O3S/c1-11-3-5-12(6-4-11)13(16)14-7-9-15(10-8-14)19(2,17)18/h3-6H,7-10H2,1-2H3. The lowest BCUT2D eigenvalue weighted by molar-refractivity contribution is 0.0698. The second-order valence-electron chi connectivity index (χ2n) is 4.82. The quantitative estimate of drug-likeness (QED) is 0.803. The molecule has 1 heterocycles. The van der Waals surface area contributed by atoms with Crippen LogP contribution in [0.15, 0.2) is 24.3 Å². The minimum Gasteiger partial charge on any atom is -0.336 e. The number of aryl methyl sites for hydroxylation is 1. The maximum atomic E-state index is 12.2. The van der Waals surface area contributed by atoms with Crippen LogP contribution in [0.25, 0.3) is 0 Å². The van der Waals surface area contributed by atoms with Crippen LogP contribution in [0.3, 0.4) is 0 Å². The zero-order valence-electron chi connectivity index (χ0n) is 11.2. The SMILES string of the molecule is Cc1ccc(C(=O)N2CCN(S(C)(=O)=O)CC2)cc1. The number of piperazine rings is 1. The molecule has 5 nitrogen and oxygen atoms in total. The van der Waals surface area contributed by atoms with Gasteiger partial charge in [-0.2, -0.15) is 4.31 Å². The van der Waals surface area contributed by atoms with Crippen LogP contribution in [-0.4, -0.2) is 56.0 Å². The highest BCUT2D eigenvalue weighted by atomic mass is 32.2. The Balaban J connectivity index is 2.02. The number of hydrogen-bond donors (Lipinski definition) is 0. The zero-order chi connectivity index (χ0) is 14.0. The molecule has 1 aromatic rings. The van der Waals surface area contributed by atoms with Gasteiger partial charge < -0.3 is 4.90 Å². The summed E-state index contributed by atoms with van der Waals surface area (Å²) in [5.41, 5.74) is 1.76. The molecule has 1 aromatic carbocycles. The van der Waals surface area contributed by atoms with Crippen molar-refractivity contribution in [2.45, 2.75) is 6.92 Å². The van der Waals surface area contributed by atoms with Gasteiger partial charge in [-0.25, -0.2) is 8.42 Å². The summed E-state index contributed by atoms with van der Waals surface area (Å²) >= 11 is 0. The van der Waals surface area contributed by atoms with E-state index in [4.69, 9.17) is 0 Å². The molecule has 19 heavy (non-hydrogen) atoms. The van der Waals surface area contributed by atoms with Crippen LogP contribution >= 0.6 is 0 Å². The summed E-state index contributed by atoms with van der Waals surface area (Å²) in [6.07, 6.45) is 1.20. The van der Waals surface area contributed by atoms with Crippen molar-refractivity contribution < 1.29 is 13.2 Å². The lowest BCUT2D eigenvalue weighted by atomic mass is 10.1. The van der Waals surface area contributed by atoms with Gasteiger partial charge in [0.25, 0.3) is 5.91 Å². The predicted octanol–water partition coefficient (Wildman–Crippen LogP) is 0.712. The maximum Gasteiger partial charge on any atom is 0.253 e. The number of nitrogens with zero attached hydrogens (tertiary/aromatic N) is 2. The summed E-state index contributed by atoms with van der Waals surface area (Å²) in [5, 5.41) is 0. The molecular formula is C13H18N2O3S. The highest BCUT2D eigenvalue weighted by molar-refractivity contribution is 7.88. The van der Waals surface area contributed by atoms with Crippen LogP contribution in [0.4, 0.5) is 0 Å². The number of carbonyl (C=O) groups excluding carboxylic acids is 1. The van der Waals surface area contributed by atoms with Crippen molar-refractivity contribution in [1.82, 2.24) is 9.21 Å². The first-order chi connectivity index (χ1) is 8.88. The molecule has 1 aliphatic heterocycles. The van der Waals surface area contributed by atoms with Crippen molar-refractivity contribution >= 4 is 15.9 Å². The van der Waals surface area contributed by atoms with Crippen LogP contribution < -0.4 is 0 Å². The van der Waals surface area contributed by atoms with E-state index < -0.39 is 10.0 Å². The number of sulfonamides is 1. The van der Waals surface area contributed by atoms with E-state index in [-0.39, 0.29) is 5.91 Å². The topological polar surface area (TPSA) is 57.7 Å². The highest BCUT2D eigenvalue weighted by Gasteiger charge is 2.26. The van der Waals surface area contributed by atoms with Gasteiger partial charge in [0.2, 0.25) is 10.0 Å². The van der Waals surface area contributed by atoms with Gasteiger partial charge in [-0.1, -0.05) is 17.7 Å². The molecule has 0 atom stereocenters. The van der Waals surface area contributed by atoms with Crippen molar-refractivity contribution in [2.75, 3.05) is 32.4 Å². The van der Waals surface area contributed by atoms with Crippen molar-refractivity contribution in [3.63, 3.8) is 0 Å². The van der Waals surface area contributed by atoms with Crippen molar-refractivity contribution in [3.8, 4) is 0 Å². The number of hydrogen-bond acceptors (Lipinski definition) is 3. The third-order valence-electron chi connectivity index (χ3n) is 3.29. The Morgan fingerprint density at radius 1 is 1.05 bits per heavy atom. The zero-order valence-corrected chi connectivity index (χ0v) is 12.0. The fraction of sp³-hybridized carbons (Fsp3) is 0.462. The highest BCUT2D eigenvalue weighted by Crippen LogP contribution is 2.11. The van der Waals surface area contributed by atoms with Crippen LogP contribution in [-0.2, 0) is 10.0 Å². The minimum atomic E-state index is -3.15. The van der Waals surface area contributed by atoms with Crippen molar-refractivity contribution in [2.24, 2.45) is 0 Å². The van der Waals surface area contributed by atoms with Gasteiger partial charge in [0.05, 0.1) is 6.26 Å². The van der Waals surface area contributed by atoms with Crippen molar-refractivity contribution in [3.05, 3.63) is 35.4 Å². The minimum absolute atomic E-state index is 0.0341. The average Bonchev–Trinajstić information content (AvgIpc) is 2.38. The number of amides is 1. The molecule has 0 aromatic heterocycles. The molecule has 1 aliphatic rings. The summed E-state index contributed by atoms with van der Waals surface area (Å²) in [6, 6.07) is 7.42. The Hall–Kier alpha value is -1.40. The first-order valence-electron chi connectivity index (χ1n) is 6.19. The lowest BCUT2D eigenvalue weighted by Gasteiger charge is -2.33. The Labute approximate surface area is 113 Å². The number of benzene rings is 1. The van der Waals surface area contributed by atoms with Gasteiger partial charge in [0.1, 0.15) is 0 Å². The molecule has 0 N–H and O–H groups in total. The Morgan fingerprint density at radius 2 is 1.58 bits per heavy atom. The third-order valence-corrected chi connectivity index (χ3v) is 4.60. The van der Waals surface area contributed by atoms with Gasteiger partial charge in [0, 0.05) is 31.7 Å². The third kappa shape index (κ3) is 3.33. The molecule has 1 fully saturated rings. The molecule has 0 spiro atoms. The second kappa shape index (κ2) is 5.30. The molecule has 6 heteroatoms. The van der Waals surface area contributed by atoms with Crippen LogP contribution in [0.5, 0.6) is 0 Å². The predicted molar refractivity (Wildman–Crippen MR) is 73.5 cm³/mol. The van der Waals surface area contributed by atoms with Crippen molar-refractivity contribution in [1.29, 1.82) is 0 Å². The molecule has 0 bridgehead atoms. The summed E-state index contributed by atoms with van der Waals surface area (Å²) in [6.45, 7) is 3.60. The molecule has 0 aliphatic carbocycles. The van der Waals surface area contributed by atoms with Gasteiger partial charge in [-0.05, 0) is 19.1 Å². The van der Waals surface area contributed by atoms with Gasteiger partial charge in [-0.15, -0.1) is 0 Å². The van der Waals surface area contributed by atoms with E-state index in [2.05, 4.69) is 0 Å². The Morgan fingerprint density at radius 3 is 2.05 bits per heavy atom. The van der Waals surface area contributed by atoms with E-state index in [1.54, 1.807) is 17.0 Å². The fourth-order valence-electron chi connectivity index (χ4n) is 2.10. The Kier molecular flexibility index (Phi) is 3.91. The molecule has 0 unspecified atom stereocenters. The number of rotatable bonds is 2. The maximum absolute atomic E-state index is 12.2. The van der Waals surface area contributed by atoms with Gasteiger partial charge in [0.15, 0.2) is 0 Å². The molecular weight excluding hydrogens is 264 g/mol. The first-order valence-corrected chi connectivity index (χ1v) is 8.04. The second-order valence-corrected chi connectivity index (χ2v) is 6.80. The largest absolute Gasteiger partial charge is 0.336 e. The molecule has 1 amide bonds. The fourth-order valence-corrected chi connectivity index (χ4v) is 2.93. The summed E-state index contributed by atoms with van der Waals surface area (Å²) in [4.78, 5) is 13.9. The van der Waals surface area contributed by atoms with E-state index in [1.807, 2.05) is 19.1 Å². The normalized spacial score (nSPS) is 17.5. The average molecular weight is 282 g/mol. The molecule has 0 saturated carbocycles. The van der Waals surface area contributed by atoms with Gasteiger partial charge >= 0.3 is 0 Å². The van der Waals surface area contributed by atoms with Gasteiger partial charge in [-0.3, -0.25) is 4.79 Å². The van der Waals surface area contributed by atoms with E-state index in [1.165, 1.54) is 10.6 Å². The summed E-state index contributed by atoms with van der Waals surface area (Å²) in [5.74, 6) is -0.0341. The monoisotopic (exact) mass is 282 g/mol. The molecule has 2 rings (SSSR count). The smallest absolute Gasteiger partial charge is 0.253 e. The lowest BCUT2D eigenvalue weighted by Crippen LogP contribution is -2.50. The van der Waals surface area contributed by atoms with E-state index in [9.17, 15) is 13.2 Å². The molecule has 104 valence electrons. The first kappa shape index (κ1) is 14.0. The van der Waals surface area contributed by atoms with E-state index >= 15 is 0 Å². The summed E-state index contributed by atoms with van der Waals surface area (Å²) in [7, 11) is -3.15. The molecule has 0 radical (unpaired) electrons. The van der Waals surface area contributed by atoms with Crippen LogP contribution in [0.1, 0.15) is 15.9 Å². The van der Waals surface area contributed by atoms with Crippen LogP contribution in [0.2, 0.25) is 0 Å². The number of carbonyl (C=O) groups is 1. The molecule has 1 saturated heterocycles.